The van der Waals surface area contributed by atoms with Gasteiger partial charge in [-0.3, -0.25) is 20.8 Å². The van der Waals surface area contributed by atoms with E-state index in [9.17, 15) is 4.79 Å². The minimum Gasteiger partial charge on any atom is -0.332 e. The molecule has 0 atom stereocenters. The molecule has 2 rings (SSSR count). The van der Waals surface area contributed by atoms with Crippen LogP contribution < -0.4 is 11.5 Å². The molecule has 1 fully saturated rings. The molecule has 90 valence electrons. The first-order valence-electron chi connectivity index (χ1n) is 5.65. The summed E-state index contributed by atoms with van der Waals surface area (Å²) < 4.78 is 1.88. The van der Waals surface area contributed by atoms with Gasteiger partial charge in [-0.1, -0.05) is 18.2 Å². The Hall–Kier alpha value is -2.04. The summed E-state index contributed by atoms with van der Waals surface area (Å²) in [5, 5.41) is 0. The van der Waals surface area contributed by atoms with Gasteiger partial charge in [-0.2, -0.15) is 0 Å². The highest BCUT2D eigenvalue weighted by Crippen LogP contribution is 2.06. The van der Waals surface area contributed by atoms with Gasteiger partial charge in [0.05, 0.1) is 26.2 Å². The maximum absolute atomic E-state index is 12.1. The van der Waals surface area contributed by atoms with Crippen molar-refractivity contribution < 1.29 is 9.37 Å². The Morgan fingerprint density at radius 1 is 1.12 bits per heavy atom. The van der Waals surface area contributed by atoms with Crippen molar-refractivity contribution in [2.75, 3.05) is 26.2 Å². The summed E-state index contributed by atoms with van der Waals surface area (Å²) in [6.07, 6.45) is 0. The number of rotatable bonds is 1. The SMILES string of the molecule is NC(N)=[N+]1CCN(C(=O)c2ccccc2)CC1. The van der Waals surface area contributed by atoms with Crippen molar-refractivity contribution in [3.05, 3.63) is 35.9 Å². The lowest BCUT2D eigenvalue weighted by atomic mass is 10.2. The molecule has 17 heavy (non-hydrogen) atoms. The minimum atomic E-state index is 0.0702. The molecular formula is C12H17N4O+. The number of amides is 1. The highest BCUT2D eigenvalue weighted by atomic mass is 16.2. The predicted octanol–water partition coefficient (Wildman–Crippen LogP) is -0.572. The topological polar surface area (TPSA) is 75.4 Å². The van der Waals surface area contributed by atoms with Gasteiger partial charge in [-0.25, -0.2) is 0 Å². The molecule has 1 saturated heterocycles. The van der Waals surface area contributed by atoms with E-state index in [0.717, 1.165) is 5.56 Å². The lowest BCUT2D eigenvalue weighted by molar-refractivity contribution is -0.539. The number of nitrogens with zero attached hydrogens (tertiary/aromatic N) is 2. The van der Waals surface area contributed by atoms with Crippen LogP contribution in [0.2, 0.25) is 0 Å². The molecule has 0 saturated carbocycles. The number of carbonyl (C=O) groups excluding carboxylic acids is 1. The number of carbonyl (C=O) groups is 1. The van der Waals surface area contributed by atoms with Crippen LogP contribution in [0.15, 0.2) is 30.3 Å². The first kappa shape index (κ1) is 11.4. The zero-order chi connectivity index (χ0) is 12.3. The van der Waals surface area contributed by atoms with Crippen molar-refractivity contribution in [1.29, 1.82) is 0 Å². The van der Waals surface area contributed by atoms with Crippen LogP contribution in [0.4, 0.5) is 0 Å². The van der Waals surface area contributed by atoms with E-state index in [0.29, 0.717) is 32.1 Å². The zero-order valence-corrected chi connectivity index (χ0v) is 9.67. The van der Waals surface area contributed by atoms with Gasteiger partial charge in [0.15, 0.2) is 0 Å². The maximum atomic E-state index is 12.1. The average molecular weight is 233 g/mol. The molecule has 0 radical (unpaired) electrons. The third-order valence-corrected chi connectivity index (χ3v) is 2.95. The number of benzene rings is 1. The number of hydrogen-bond acceptors (Lipinski definition) is 1. The van der Waals surface area contributed by atoms with E-state index in [1.165, 1.54) is 0 Å². The lowest BCUT2D eigenvalue weighted by Crippen LogP contribution is -2.49. The molecule has 5 nitrogen and oxygen atoms in total. The van der Waals surface area contributed by atoms with Gasteiger partial charge in [-0.15, -0.1) is 0 Å². The molecule has 1 aromatic rings. The Morgan fingerprint density at radius 3 is 2.24 bits per heavy atom. The highest BCUT2D eigenvalue weighted by Gasteiger charge is 2.21. The fourth-order valence-electron chi connectivity index (χ4n) is 1.93. The molecule has 4 N–H and O–H groups in total. The summed E-state index contributed by atoms with van der Waals surface area (Å²) in [6.45, 7) is 2.71. The Balaban J connectivity index is 2.03. The standard InChI is InChI=1S/C12H16N4O/c13-12(14)16-8-6-15(7-9-16)11(17)10-4-2-1-3-5-10/h1-5H,6-9H2,(H3,13,14)/p+1. The third kappa shape index (κ3) is 2.55. The summed E-state index contributed by atoms with van der Waals surface area (Å²) >= 11 is 0. The van der Waals surface area contributed by atoms with Crippen LogP contribution in [0.3, 0.4) is 0 Å². The lowest BCUT2D eigenvalue weighted by Gasteiger charge is -2.28. The molecule has 1 aromatic carbocycles. The molecule has 1 aliphatic rings. The number of nitrogens with two attached hydrogens (primary N) is 2. The number of guanidine groups is 1. The zero-order valence-electron chi connectivity index (χ0n) is 9.67. The van der Waals surface area contributed by atoms with Crippen LogP contribution >= 0.6 is 0 Å². The van der Waals surface area contributed by atoms with E-state index in [1.54, 1.807) is 0 Å². The first-order chi connectivity index (χ1) is 8.18. The van der Waals surface area contributed by atoms with Crippen LogP contribution in [0.5, 0.6) is 0 Å². The Bertz CT molecular complexity index is 427. The van der Waals surface area contributed by atoms with Gasteiger partial charge in [0, 0.05) is 5.56 Å². The summed E-state index contributed by atoms with van der Waals surface area (Å²) in [5.74, 6) is 0.401. The van der Waals surface area contributed by atoms with Gasteiger partial charge in [0.2, 0.25) is 0 Å². The Kier molecular flexibility index (Phi) is 3.27. The molecule has 1 heterocycles. The molecule has 0 spiro atoms. The second-order valence-electron chi connectivity index (χ2n) is 4.07. The predicted molar refractivity (Wildman–Crippen MR) is 65.7 cm³/mol. The van der Waals surface area contributed by atoms with Crippen molar-refractivity contribution in [3.63, 3.8) is 0 Å². The molecule has 1 amide bonds. The van der Waals surface area contributed by atoms with E-state index in [4.69, 9.17) is 11.5 Å². The molecular weight excluding hydrogens is 216 g/mol. The van der Waals surface area contributed by atoms with Crippen molar-refractivity contribution in [2.24, 2.45) is 11.5 Å². The van der Waals surface area contributed by atoms with Gasteiger partial charge < -0.3 is 4.90 Å². The van der Waals surface area contributed by atoms with Gasteiger partial charge in [0.25, 0.3) is 5.91 Å². The van der Waals surface area contributed by atoms with E-state index in [-0.39, 0.29) is 5.91 Å². The molecule has 5 heteroatoms. The molecule has 0 aliphatic carbocycles. The first-order valence-corrected chi connectivity index (χ1v) is 5.65. The molecule has 0 bridgehead atoms. The fraction of sp³-hybridized carbons (Fsp3) is 0.333. The quantitative estimate of drug-likeness (QED) is 0.504. The highest BCUT2D eigenvalue weighted by molar-refractivity contribution is 5.94. The number of piperazine rings is 1. The van der Waals surface area contributed by atoms with Crippen molar-refractivity contribution >= 4 is 11.9 Å². The van der Waals surface area contributed by atoms with Gasteiger partial charge in [0.1, 0.15) is 0 Å². The summed E-state index contributed by atoms with van der Waals surface area (Å²) in [7, 11) is 0. The molecule has 0 aromatic heterocycles. The van der Waals surface area contributed by atoms with Crippen LogP contribution in [-0.4, -0.2) is 47.5 Å². The van der Waals surface area contributed by atoms with E-state index in [1.807, 2.05) is 39.8 Å². The van der Waals surface area contributed by atoms with E-state index < -0.39 is 0 Å². The smallest absolute Gasteiger partial charge is 0.332 e. The molecule has 1 aliphatic heterocycles. The van der Waals surface area contributed by atoms with Crippen molar-refractivity contribution in [1.82, 2.24) is 4.90 Å². The Labute approximate surface area is 100 Å². The van der Waals surface area contributed by atoms with Crippen molar-refractivity contribution in [3.8, 4) is 0 Å². The van der Waals surface area contributed by atoms with Crippen LogP contribution in [0.25, 0.3) is 0 Å². The van der Waals surface area contributed by atoms with Crippen LogP contribution in [0, 0.1) is 0 Å². The van der Waals surface area contributed by atoms with Gasteiger partial charge in [-0.05, 0) is 12.1 Å². The van der Waals surface area contributed by atoms with Crippen LogP contribution in [0.1, 0.15) is 10.4 Å². The summed E-state index contributed by atoms with van der Waals surface area (Å²) in [6, 6.07) is 9.30. The second-order valence-corrected chi connectivity index (χ2v) is 4.07. The van der Waals surface area contributed by atoms with Gasteiger partial charge >= 0.3 is 5.96 Å². The summed E-state index contributed by atoms with van der Waals surface area (Å²) in [4.78, 5) is 13.9. The monoisotopic (exact) mass is 233 g/mol. The molecule has 0 unspecified atom stereocenters. The maximum Gasteiger partial charge on any atom is 0.341 e. The summed E-state index contributed by atoms with van der Waals surface area (Å²) in [5.41, 5.74) is 11.8. The number of hydrogen-bond donors (Lipinski definition) is 2. The fourth-order valence-corrected chi connectivity index (χ4v) is 1.93. The van der Waals surface area contributed by atoms with Crippen LogP contribution in [-0.2, 0) is 0 Å². The van der Waals surface area contributed by atoms with E-state index >= 15 is 0 Å². The average Bonchev–Trinajstić information content (AvgIpc) is 2.39. The largest absolute Gasteiger partial charge is 0.341 e. The van der Waals surface area contributed by atoms with Crippen molar-refractivity contribution in [2.45, 2.75) is 0 Å². The minimum absolute atomic E-state index is 0.0702. The second kappa shape index (κ2) is 4.86. The normalized spacial score (nSPS) is 15.8. The Morgan fingerprint density at radius 2 is 1.71 bits per heavy atom. The van der Waals surface area contributed by atoms with E-state index in [2.05, 4.69) is 0 Å². The third-order valence-electron chi connectivity index (χ3n) is 2.95.